The second-order valence-electron chi connectivity index (χ2n) is 7.96. The van der Waals surface area contributed by atoms with Crippen molar-refractivity contribution in [3.8, 4) is 17.1 Å². The predicted octanol–water partition coefficient (Wildman–Crippen LogP) is 4.58. The van der Waals surface area contributed by atoms with Crippen molar-refractivity contribution in [2.24, 2.45) is 0 Å². The summed E-state index contributed by atoms with van der Waals surface area (Å²) in [7, 11) is -3.75. The highest BCUT2D eigenvalue weighted by Crippen LogP contribution is 2.32. The summed E-state index contributed by atoms with van der Waals surface area (Å²) in [6, 6.07) is 14.7. The van der Waals surface area contributed by atoms with E-state index in [2.05, 4.69) is 5.32 Å². The fourth-order valence-corrected chi connectivity index (χ4v) is 5.48. The number of furan rings is 1. The summed E-state index contributed by atoms with van der Waals surface area (Å²) in [6.45, 7) is 4.52. The number of nitrogens with one attached hydrogen (secondary N) is 1. The zero-order valence-electron chi connectivity index (χ0n) is 19.0. The van der Waals surface area contributed by atoms with Crippen LogP contribution in [-0.4, -0.2) is 44.1 Å². The minimum absolute atomic E-state index is 0.0275. The molecule has 0 bridgehead atoms. The summed E-state index contributed by atoms with van der Waals surface area (Å²) in [6.07, 6.45) is 1.63. The molecule has 1 fully saturated rings. The van der Waals surface area contributed by atoms with Crippen molar-refractivity contribution in [3.05, 3.63) is 65.9 Å². The van der Waals surface area contributed by atoms with Crippen molar-refractivity contribution in [2.45, 2.75) is 31.6 Å². The SMILES string of the molecule is CCOc1ccc(NC(=O)c2ccc(-c3ccc(C(C)=O)cc3)o2)cc1S(=O)(=O)N1CCCC1. The fraction of sp³-hybridized carbons (Fsp3) is 0.280. The molecule has 0 radical (unpaired) electrons. The van der Waals surface area contributed by atoms with Crippen molar-refractivity contribution in [1.82, 2.24) is 4.31 Å². The van der Waals surface area contributed by atoms with Gasteiger partial charge in [0.05, 0.1) is 6.61 Å². The van der Waals surface area contributed by atoms with Crippen LogP contribution in [0, 0.1) is 0 Å². The highest BCUT2D eigenvalue weighted by Gasteiger charge is 2.30. The van der Waals surface area contributed by atoms with Crippen LogP contribution in [0.1, 0.15) is 47.6 Å². The maximum Gasteiger partial charge on any atom is 0.291 e. The number of benzene rings is 2. The number of carbonyl (C=O) groups excluding carboxylic acids is 2. The molecule has 1 N–H and O–H groups in total. The van der Waals surface area contributed by atoms with E-state index in [0.717, 1.165) is 18.4 Å². The van der Waals surface area contributed by atoms with E-state index in [4.69, 9.17) is 9.15 Å². The lowest BCUT2D eigenvalue weighted by atomic mass is 10.1. The van der Waals surface area contributed by atoms with E-state index in [1.54, 1.807) is 55.5 Å². The molecule has 4 rings (SSSR count). The molecule has 2 heterocycles. The van der Waals surface area contributed by atoms with Gasteiger partial charge >= 0.3 is 0 Å². The van der Waals surface area contributed by atoms with E-state index in [1.165, 1.54) is 17.3 Å². The van der Waals surface area contributed by atoms with E-state index in [0.29, 0.717) is 36.7 Å². The first-order valence-corrected chi connectivity index (χ1v) is 12.5. The molecule has 1 aliphatic heterocycles. The van der Waals surface area contributed by atoms with Crippen molar-refractivity contribution in [1.29, 1.82) is 0 Å². The largest absolute Gasteiger partial charge is 0.492 e. The van der Waals surface area contributed by atoms with Gasteiger partial charge < -0.3 is 14.5 Å². The third-order valence-electron chi connectivity index (χ3n) is 5.59. The molecular formula is C25H26N2O6S. The number of hydrogen-bond acceptors (Lipinski definition) is 6. The number of sulfonamides is 1. The standard InChI is InChI=1S/C25H26N2O6S/c1-3-32-22-11-10-20(16-24(22)34(30,31)27-14-4-5-15-27)26-25(29)23-13-12-21(33-23)19-8-6-18(7-9-19)17(2)28/h6-13,16H,3-5,14-15H2,1-2H3,(H,26,29). The monoisotopic (exact) mass is 482 g/mol. The maximum atomic E-state index is 13.2. The number of ketones is 1. The van der Waals surface area contributed by atoms with Gasteiger partial charge in [-0.3, -0.25) is 9.59 Å². The van der Waals surface area contributed by atoms with Crippen LogP contribution in [0.5, 0.6) is 5.75 Å². The van der Waals surface area contributed by atoms with Crippen LogP contribution in [0.4, 0.5) is 5.69 Å². The Hall–Kier alpha value is -3.43. The van der Waals surface area contributed by atoms with Gasteiger partial charge in [-0.1, -0.05) is 24.3 Å². The third kappa shape index (κ3) is 4.90. The summed E-state index contributed by atoms with van der Waals surface area (Å²) >= 11 is 0. The lowest BCUT2D eigenvalue weighted by molar-refractivity contribution is 0.0994. The number of hydrogen-bond donors (Lipinski definition) is 1. The zero-order valence-corrected chi connectivity index (χ0v) is 19.9. The van der Waals surface area contributed by atoms with Crippen molar-refractivity contribution in [2.75, 3.05) is 25.0 Å². The van der Waals surface area contributed by atoms with Crippen molar-refractivity contribution >= 4 is 27.4 Å². The lowest BCUT2D eigenvalue weighted by Crippen LogP contribution is -2.28. The summed E-state index contributed by atoms with van der Waals surface area (Å²) in [5.41, 5.74) is 1.63. The Kier molecular flexibility index (Phi) is 6.85. The Balaban J connectivity index is 1.56. The molecule has 0 aliphatic carbocycles. The van der Waals surface area contributed by atoms with Crippen LogP contribution in [0.15, 0.2) is 63.9 Å². The van der Waals surface area contributed by atoms with E-state index in [-0.39, 0.29) is 22.2 Å². The molecular weight excluding hydrogens is 456 g/mol. The van der Waals surface area contributed by atoms with Crippen LogP contribution in [0.25, 0.3) is 11.3 Å². The molecule has 9 heteroatoms. The Bertz CT molecular complexity index is 1310. The Morgan fingerprint density at radius 1 is 1.03 bits per heavy atom. The van der Waals surface area contributed by atoms with Gasteiger partial charge in [-0.25, -0.2) is 8.42 Å². The number of ether oxygens (including phenoxy) is 1. The maximum absolute atomic E-state index is 13.2. The number of Topliss-reactive ketones (excluding diaryl/α,β-unsaturated/α-hetero) is 1. The van der Waals surface area contributed by atoms with Crippen molar-refractivity contribution in [3.63, 3.8) is 0 Å². The number of anilines is 1. The predicted molar refractivity (Wildman–Crippen MR) is 128 cm³/mol. The van der Waals surface area contributed by atoms with Crippen LogP contribution < -0.4 is 10.1 Å². The van der Waals surface area contributed by atoms with E-state index >= 15 is 0 Å². The number of carbonyl (C=O) groups is 2. The second kappa shape index (κ2) is 9.82. The summed E-state index contributed by atoms with van der Waals surface area (Å²) < 4.78 is 39.0. The van der Waals surface area contributed by atoms with Crippen LogP contribution >= 0.6 is 0 Å². The second-order valence-corrected chi connectivity index (χ2v) is 9.86. The average molecular weight is 483 g/mol. The molecule has 178 valence electrons. The molecule has 1 saturated heterocycles. The van der Waals surface area contributed by atoms with Crippen LogP contribution in [0.3, 0.4) is 0 Å². The average Bonchev–Trinajstić information content (AvgIpc) is 3.53. The molecule has 2 aromatic carbocycles. The van der Waals surface area contributed by atoms with E-state index in [9.17, 15) is 18.0 Å². The van der Waals surface area contributed by atoms with Gasteiger partial charge in [-0.2, -0.15) is 4.31 Å². The first-order chi connectivity index (χ1) is 16.3. The molecule has 1 amide bonds. The van der Waals surface area contributed by atoms with Gasteiger partial charge in [-0.15, -0.1) is 0 Å². The van der Waals surface area contributed by atoms with Gasteiger partial charge in [0, 0.05) is 29.9 Å². The van der Waals surface area contributed by atoms with Crippen LogP contribution in [-0.2, 0) is 10.0 Å². The Labute approximate surface area is 198 Å². The minimum atomic E-state index is -3.75. The van der Waals surface area contributed by atoms with Gasteiger partial charge in [0.1, 0.15) is 16.4 Å². The van der Waals surface area contributed by atoms with E-state index < -0.39 is 15.9 Å². The highest BCUT2D eigenvalue weighted by molar-refractivity contribution is 7.89. The lowest BCUT2D eigenvalue weighted by Gasteiger charge is -2.19. The molecule has 0 unspecified atom stereocenters. The third-order valence-corrected chi connectivity index (χ3v) is 7.51. The minimum Gasteiger partial charge on any atom is -0.492 e. The smallest absolute Gasteiger partial charge is 0.291 e. The zero-order chi connectivity index (χ0) is 24.3. The fourth-order valence-electron chi connectivity index (χ4n) is 3.81. The van der Waals surface area contributed by atoms with Crippen LogP contribution in [0.2, 0.25) is 0 Å². The number of amides is 1. The van der Waals surface area contributed by atoms with Gasteiger partial charge in [0.25, 0.3) is 5.91 Å². The van der Waals surface area contributed by atoms with Gasteiger partial charge in [0.15, 0.2) is 11.5 Å². The molecule has 0 atom stereocenters. The van der Waals surface area contributed by atoms with Gasteiger partial charge in [-0.05, 0) is 57.0 Å². The Morgan fingerprint density at radius 3 is 2.38 bits per heavy atom. The topological polar surface area (TPSA) is 106 Å². The first-order valence-electron chi connectivity index (χ1n) is 11.1. The molecule has 0 spiro atoms. The first kappa shape index (κ1) is 23.7. The Morgan fingerprint density at radius 2 is 1.74 bits per heavy atom. The summed E-state index contributed by atoms with van der Waals surface area (Å²) in [4.78, 5) is 24.3. The highest BCUT2D eigenvalue weighted by atomic mass is 32.2. The molecule has 1 aromatic heterocycles. The number of nitrogens with zero attached hydrogens (tertiary/aromatic N) is 1. The molecule has 0 saturated carbocycles. The summed E-state index contributed by atoms with van der Waals surface area (Å²) in [5.74, 6) is 0.252. The van der Waals surface area contributed by atoms with Gasteiger partial charge in [0.2, 0.25) is 10.0 Å². The molecule has 1 aliphatic rings. The molecule has 8 nitrogen and oxygen atoms in total. The number of rotatable bonds is 8. The molecule has 3 aromatic rings. The van der Waals surface area contributed by atoms with Crippen molar-refractivity contribution < 1.29 is 27.2 Å². The molecule has 34 heavy (non-hydrogen) atoms. The van der Waals surface area contributed by atoms with E-state index in [1.807, 2.05) is 0 Å². The quantitative estimate of drug-likeness (QED) is 0.471. The summed E-state index contributed by atoms with van der Waals surface area (Å²) in [5, 5.41) is 2.70. The normalized spacial score (nSPS) is 14.2.